The van der Waals surface area contributed by atoms with E-state index in [0.29, 0.717) is 0 Å². The standard InChI is InChI=1S/C23H27N5O3/c1-14-6-8-15(9-7-14)28-19-12-23(2,3)11-17(16(19)13-24-28)25-21(30)18-10-20(29)27(5)22(31)26(18)4/h6-10,13,17H,11-12H2,1-5H3,(H,25,30)/t17-/m0/s1. The number of hydrogen-bond donors (Lipinski definition) is 1. The molecule has 0 saturated heterocycles. The monoisotopic (exact) mass is 421 g/mol. The van der Waals surface area contributed by atoms with E-state index in [0.717, 1.165) is 34.4 Å². The topological polar surface area (TPSA) is 90.9 Å². The largest absolute Gasteiger partial charge is 0.344 e. The first-order chi connectivity index (χ1) is 14.6. The minimum atomic E-state index is -0.533. The lowest BCUT2D eigenvalue weighted by Crippen LogP contribution is -2.43. The van der Waals surface area contributed by atoms with Gasteiger partial charge in [-0.2, -0.15) is 5.10 Å². The maximum atomic E-state index is 13.0. The van der Waals surface area contributed by atoms with Crippen LogP contribution in [0.3, 0.4) is 0 Å². The van der Waals surface area contributed by atoms with Gasteiger partial charge >= 0.3 is 5.69 Å². The van der Waals surface area contributed by atoms with Crippen LogP contribution in [0.4, 0.5) is 0 Å². The number of nitrogens with one attached hydrogen (secondary N) is 1. The van der Waals surface area contributed by atoms with E-state index in [9.17, 15) is 14.4 Å². The van der Waals surface area contributed by atoms with Gasteiger partial charge in [-0.25, -0.2) is 9.48 Å². The molecule has 1 amide bonds. The van der Waals surface area contributed by atoms with Crippen molar-refractivity contribution in [3.8, 4) is 5.69 Å². The van der Waals surface area contributed by atoms with Crippen molar-refractivity contribution in [3.05, 3.63) is 79.9 Å². The average Bonchev–Trinajstić information content (AvgIpc) is 3.12. The molecule has 1 aliphatic carbocycles. The SMILES string of the molecule is Cc1ccc(-n2ncc3c2CC(C)(C)C[C@@H]3NC(=O)c2cc(=O)n(C)c(=O)n2C)cc1. The second kappa shape index (κ2) is 7.37. The van der Waals surface area contributed by atoms with Crippen LogP contribution in [0.1, 0.15) is 53.6 Å². The van der Waals surface area contributed by atoms with Crippen LogP contribution < -0.4 is 16.6 Å². The molecule has 1 N–H and O–H groups in total. The highest BCUT2D eigenvalue weighted by Crippen LogP contribution is 2.41. The van der Waals surface area contributed by atoms with Crippen LogP contribution in [0.2, 0.25) is 0 Å². The number of fused-ring (bicyclic) bond motifs is 1. The molecule has 31 heavy (non-hydrogen) atoms. The summed E-state index contributed by atoms with van der Waals surface area (Å²) in [6.45, 7) is 6.37. The Hall–Kier alpha value is -3.42. The van der Waals surface area contributed by atoms with Gasteiger partial charge in [0.2, 0.25) is 0 Å². The molecule has 2 aromatic heterocycles. The smallest absolute Gasteiger partial charge is 0.331 e. The summed E-state index contributed by atoms with van der Waals surface area (Å²) in [4.78, 5) is 37.3. The van der Waals surface area contributed by atoms with Crippen molar-refractivity contribution in [2.24, 2.45) is 19.5 Å². The van der Waals surface area contributed by atoms with Crippen molar-refractivity contribution in [2.45, 2.75) is 39.7 Å². The molecule has 3 aromatic rings. The number of nitrogens with zero attached hydrogens (tertiary/aromatic N) is 4. The maximum Gasteiger partial charge on any atom is 0.331 e. The summed E-state index contributed by atoms with van der Waals surface area (Å²) >= 11 is 0. The first kappa shape index (κ1) is 20.8. The van der Waals surface area contributed by atoms with Gasteiger partial charge in [-0.05, 0) is 37.3 Å². The third-order valence-electron chi connectivity index (χ3n) is 6.02. The normalized spacial score (nSPS) is 17.3. The summed E-state index contributed by atoms with van der Waals surface area (Å²) in [5.41, 5.74) is 3.11. The summed E-state index contributed by atoms with van der Waals surface area (Å²) < 4.78 is 4.11. The number of aromatic nitrogens is 4. The number of hydrogen-bond acceptors (Lipinski definition) is 4. The lowest BCUT2D eigenvalue weighted by molar-refractivity contribution is 0.0908. The fraction of sp³-hybridized carbons (Fsp3) is 0.391. The van der Waals surface area contributed by atoms with E-state index in [1.54, 1.807) is 6.20 Å². The molecule has 1 aromatic carbocycles. The van der Waals surface area contributed by atoms with Gasteiger partial charge in [0, 0.05) is 25.7 Å². The van der Waals surface area contributed by atoms with E-state index in [1.165, 1.54) is 30.3 Å². The van der Waals surface area contributed by atoms with E-state index in [2.05, 4.69) is 24.3 Å². The molecule has 1 aliphatic rings. The van der Waals surface area contributed by atoms with Crippen LogP contribution in [0.15, 0.2) is 46.1 Å². The molecule has 1 atom stereocenters. The highest BCUT2D eigenvalue weighted by Gasteiger charge is 2.36. The summed E-state index contributed by atoms with van der Waals surface area (Å²) in [6.07, 6.45) is 3.36. The van der Waals surface area contributed by atoms with Crippen molar-refractivity contribution in [3.63, 3.8) is 0 Å². The highest BCUT2D eigenvalue weighted by molar-refractivity contribution is 5.92. The fourth-order valence-electron chi connectivity index (χ4n) is 4.26. The van der Waals surface area contributed by atoms with Crippen molar-refractivity contribution in [2.75, 3.05) is 0 Å². The Morgan fingerprint density at radius 3 is 2.48 bits per heavy atom. The predicted molar refractivity (Wildman–Crippen MR) is 118 cm³/mol. The molecule has 162 valence electrons. The van der Waals surface area contributed by atoms with Crippen LogP contribution in [-0.2, 0) is 20.5 Å². The minimum absolute atomic E-state index is 0.0453. The molecule has 4 rings (SSSR count). The molecule has 0 spiro atoms. The van der Waals surface area contributed by atoms with E-state index >= 15 is 0 Å². The lowest BCUT2D eigenvalue weighted by Gasteiger charge is -2.36. The number of amides is 1. The van der Waals surface area contributed by atoms with E-state index in [4.69, 9.17) is 0 Å². The van der Waals surface area contributed by atoms with Gasteiger partial charge in [-0.3, -0.25) is 18.7 Å². The molecule has 2 heterocycles. The maximum absolute atomic E-state index is 13.0. The zero-order valence-electron chi connectivity index (χ0n) is 18.5. The molecule has 0 fully saturated rings. The minimum Gasteiger partial charge on any atom is -0.344 e. The third-order valence-corrected chi connectivity index (χ3v) is 6.02. The van der Waals surface area contributed by atoms with Gasteiger partial charge in [-0.1, -0.05) is 31.5 Å². The molecule has 0 aliphatic heterocycles. The van der Waals surface area contributed by atoms with Gasteiger partial charge in [0.05, 0.1) is 23.6 Å². The summed E-state index contributed by atoms with van der Waals surface area (Å²) in [6, 6.07) is 9.09. The van der Waals surface area contributed by atoms with Crippen LogP contribution in [0.25, 0.3) is 5.69 Å². The van der Waals surface area contributed by atoms with E-state index < -0.39 is 17.2 Å². The zero-order valence-corrected chi connectivity index (χ0v) is 18.5. The fourth-order valence-corrected chi connectivity index (χ4v) is 4.26. The lowest BCUT2D eigenvalue weighted by atomic mass is 9.74. The first-order valence-electron chi connectivity index (χ1n) is 10.3. The molecular weight excluding hydrogens is 394 g/mol. The quantitative estimate of drug-likeness (QED) is 0.701. The summed E-state index contributed by atoms with van der Waals surface area (Å²) in [5, 5.41) is 7.64. The van der Waals surface area contributed by atoms with Gasteiger partial charge in [0.15, 0.2) is 0 Å². The highest BCUT2D eigenvalue weighted by atomic mass is 16.2. The Balaban J connectivity index is 1.71. The van der Waals surface area contributed by atoms with Gasteiger partial charge in [0.1, 0.15) is 5.69 Å². The Morgan fingerprint density at radius 1 is 1.13 bits per heavy atom. The summed E-state index contributed by atoms with van der Waals surface area (Å²) in [5.74, 6) is -0.450. The number of carbonyl (C=O) groups excluding carboxylic acids is 1. The Kier molecular flexibility index (Phi) is 4.95. The van der Waals surface area contributed by atoms with Gasteiger partial charge < -0.3 is 5.32 Å². The molecular formula is C23H27N5O3. The Bertz CT molecular complexity index is 1280. The molecule has 8 nitrogen and oxygen atoms in total. The average molecular weight is 422 g/mol. The van der Waals surface area contributed by atoms with Crippen LogP contribution in [-0.4, -0.2) is 24.8 Å². The Labute approximate surface area is 180 Å². The molecule has 8 heteroatoms. The van der Waals surface area contributed by atoms with E-state index in [-0.39, 0.29) is 17.2 Å². The zero-order chi connectivity index (χ0) is 22.5. The van der Waals surface area contributed by atoms with Crippen molar-refractivity contribution in [1.29, 1.82) is 0 Å². The van der Waals surface area contributed by atoms with Crippen molar-refractivity contribution in [1.82, 2.24) is 24.2 Å². The molecule has 0 radical (unpaired) electrons. The number of rotatable bonds is 3. The number of aryl methyl sites for hydroxylation is 1. The van der Waals surface area contributed by atoms with Crippen molar-refractivity contribution >= 4 is 5.91 Å². The van der Waals surface area contributed by atoms with Crippen LogP contribution >= 0.6 is 0 Å². The van der Waals surface area contributed by atoms with Crippen LogP contribution in [0.5, 0.6) is 0 Å². The van der Waals surface area contributed by atoms with Gasteiger partial charge in [-0.15, -0.1) is 0 Å². The van der Waals surface area contributed by atoms with Crippen molar-refractivity contribution < 1.29 is 4.79 Å². The predicted octanol–water partition coefficient (Wildman–Crippen LogP) is 2.02. The van der Waals surface area contributed by atoms with Gasteiger partial charge in [0.25, 0.3) is 11.5 Å². The second-order valence-electron chi connectivity index (χ2n) is 9.13. The third kappa shape index (κ3) is 3.73. The Morgan fingerprint density at radius 2 is 1.81 bits per heavy atom. The summed E-state index contributed by atoms with van der Waals surface area (Å²) in [7, 11) is 2.88. The van der Waals surface area contributed by atoms with E-state index in [1.807, 2.05) is 35.9 Å². The number of carbonyl (C=O) groups is 1. The molecule has 0 bridgehead atoms. The first-order valence-corrected chi connectivity index (χ1v) is 10.3. The second-order valence-corrected chi connectivity index (χ2v) is 9.13. The number of benzene rings is 1. The molecule has 0 unspecified atom stereocenters. The van der Waals surface area contributed by atoms with Crippen LogP contribution in [0, 0.1) is 12.3 Å². The molecule has 0 saturated carbocycles.